The summed E-state index contributed by atoms with van der Waals surface area (Å²) in [7, 11) is 0. The van der Waals surface area contributed by atoms with Crippen molar-refractivity contribution in [3.05, 3.63) is 29.8 Å². The largest absolute Gasteiger partial charge is 0.492 e. The van der Waals surface area contributed by atoms with Crippen LogP contribution in [0.1, 0.15) is 32.8 Å². The lowest BCUT2D eigenvalue weighted by Gasteiger charge is -2.15. The van der Waals surface area contributed by atoms with Gasteiger partial charge in [-0.3, -0.25) is 4.79 Å². The van der Waals surface area contributed by atoms with Gasteiger partial charge in [-0.25, -0.2) is 0 Å². The molecule has 1 amide bonds. The van der Waals surface area contributed by atoms with E-state index in [-0.39, 0.29) is 11.9 Å². The van der Waals surface area contributed by atoms with Gasteiger partial charge in [0.25, 0.3) is 0 Å². The number of carbonyl (C=O) groups excluding carboxylic acids is 1. The summed E-state index contributed by atoms with van der Waals surface area (Å²) >= 11 is 0. The molecule has 0 aliphatic carbocycles. The predicted octanol–water partition coefficient (Wildman–Crippen LogP) is 2.51. The minimum atomic E-state index is 0.0397. The molecule has 0 radical (unpaired) electrons. The molecule has 1 rings (SSSR count). The van der Waals surface area contributed by atoms with Crippen LogP contribution < -0.4 is 15.4 Å². The van der Waals surface area contributed by atoms with Crippen molar-refractivity contribution in [2.75, 3.05) is 19.7 Å². The Morgan fingerprint density at radius 1 is 1.19 bits per heavy atom. The van der Waals surface area contributed by atoms with Gasteiger partial charge in [0, 0.05) is 12.6 Å². The highest BCUT2D eigenvalue weighted by Gasteiger charge is 2.06. The van der Waals surface area contributed by atoms with Crippen molar-refractivity contribution >= 4 is 5.91 Å². The quantitative estimate of drug-likeness (QED) is 0.735. The van der Waals surface area contributed by atoms with Gasteiger partial charge in [-0.05, 0) is 38.3 Å². The van der Waals surface area contributed by atoms with E-state index in [9.17, 15) is 4.79 Å². The summed E-state index contributed by atoms with van der Waals surface area (Å²) in [6.45, 7) is 9.97. The number of rotatable bonds is 9. The average molecular weight is 292 g/mol. The maximum absolute atomic E-state index is 11.6. The van der Waals surface area contributed by atoms with Crippen LogP contribution in [0.25, 0.3) is 0 Å². The number of amides is 1. The first kappa shape index (κ1) is 17.5. The summed E-state index contributed by atoms with van der Waals surface area (Å²) in [5.41, 5.74) is 1.21. The Morgan fingerprint density at radius 3 is 2.48 bits per heavy atom. The molecule has 0 aliphatic heterocycles. The van der Waals surface area contributed by atoms with E-state index in [0.717, 1.165) is 18.7 Å². The molecular weight excluding hydrogens is 264 g/mol. The highest BCUT2D eigenvalue weighted by molar-refractivity contribution is 5.77. The fourth-order valence-electron chi connectivity index (χ4n) is 1.74. The SMILES string of the molecule is Cc1ccc(OCC(C)NCC(=O)NCCC(C)C)cc1. The Labute approximate surface area is 128 Å². The molecule has 21 heavy (non-hydrogen) atoms. The lowest BCUT2D eigenvalue weighted by Crippen LogP contribution is -2.40. The standard InChI is InChI=1S/C17H28N2O2/c1-13(2)9-10-18-17(20)11-19-15(4)12-21-16-7-5-14(3)6-8-16/h5-8,13,15,19H,9-12H2,1-4H3,(H,18,20). The summed E-state index contributed by atoms with van der Waals surface area (Å²) in [6.07, 6.45) is 1.01. The van der Waals surface area contributed by atoms with Crippen LogP contribution in [-0.4, -0.2) is 31.6 Å². The zero-order valence-corrected chi connectivity index (χ0v) is 13.6. The molecule has 0 fully saturated rings. The summed E-state index contributed by atoms with van der Waals surface area (Å²) in [5, 5.41) is 6.07. The first-order valence-corrected chi connectivity index (χ1v) is 7.67. The average Bonchev–Trinajstić information content (AvgIpc) is 2.44. The third-order valence-corrected chi connectivity index (χ3v) is 3.18. The topological polar surface area (TPSA) is 50.4 Å². The maximum atomic E-state index is 11.6. The number of hydrogen-bond acceptors (Lipinski definition) is 3. The Kier molecular flexibility index (Phi) is 7.83. The van der Waals surface area contributed by atoms with Crippen LogP contribution in [-0.2, 0) is 4.79 Å². The number of ether oxygens (including phenoxy) is 1. The highest BCUT2D eigenvalue weighted by Crippen LogP contribution is 2.11. The van der Waals surface area contributed by atoms with Gasteiger partial charge >= 0.3 is 0 Å². The van der Waals surface area contributed by atoms with E-state index < -0.39 is 0 Å². The molecule has 0 bridgehead atoms. The van der Waals surface area contributed by atoms with Crippen molar-refractivity contribution in [1.82, 2.24) is 10.6 Å². The number of benzene rings is 1. The maximum Gasteiger partial charge on any atom is 0.233 e. The van der Waals surface area contributed by atoms with Gasteiger partial charge in [-0.2, -0.15) is 0 Å². The summed E-state index contributed by atoms with van der Waals surface area (Å²) in [4.78, 5) is 11.6. The highest BCUT2D eigenvalue weighted by atomic mass is 16.5. The second-order valence-corrected chi connectivity index (χ2v) is 5.94. The van der Waals surface area contributed by atoms with Crippen LogP contribution >= 0.6 is 0 Å². The third kappa shape index (κ3) is 8.35. The smallest absolute Gasteiger partial charge is 0.233 e. The van der Waals surface area contributed by atoms with E-state index in [1.54, 1.807) is 0 Å². The molecule has 0 aliphatic rings. The zero-order valence-electron chi connectivity index (χ0n) is 13.6. The Morgan fingerprint density at radius 2 is 1.86 bits per heavy atom. The van der Waals surface area contributed by atoms with Gasteiger partial charge in [0.1, 0.15) is 12.4 Å². The van der Waals surface area contributed by atoms with Crippen LogP contribution in [0.15, 0.2) is 24.3 Å². The van der Waals surface area contributed by atoms with Crippen molar-refractivity contribution in [2.45, 2.75) is 40.2 Å². The molecular formula is C17H28N2O2. The van der Waals surface area contributed by atoms with Gasteiger partial charge in [-0.15, -0.1) is 0 Å². The van der Waals surface area contributed by atoms with Crippen LogP contribution in [0.3, 0.4) is 0 Å². The summed E-state index contributed by atoms with van der Waals surface area (Å²) < 4.78 is 5.67. The normalized spacial score (nSPS) is 12.2. The lowest BCUT2D eigenvalue weighted by molar-refractivity contribution is -0.120. The van der Waals surface area contributed by atoms with Crippen LogP contribution in [0.4, 0.5) is 0 Å². The molecule has 1 atom stereocenters. The molecule has 0 aromatic heterocycles. The number of nitrogens with one attached hydrogen (secondary N) is 2. The van der Waals surface area contributed by atoms with E-state index in [4.69, 9.17) is 4.74 Å². The number of aryl methyl sites for hydroxylation is 1. The predicted molar refractivity (Wildman–Crippen MR) is 86.6 cm³/mol. The van der Waals surface area contributed by atoms with Gasteiger partial charge in [0.15, 0.2) is 0 Å². The lowest BCUT2D eigenvalue weighted by atomic mass is 10.1. The van der Waals surface area contributed by atoms with E-state index >= 15 is 0 Å². The van der Waals surface area contributed by atoms with Crippen molar-refractivity contribution in [3.63, 3.8) is 0 Å². The summed E-state index contributed by atoms with van der Waals surface area (Å²) in [5.74, 6) is 1.51. The fourth-order valence-corrected chi connectivity index (χ4v) is 1.74. The molecule has 1 unspecified atom stereocenters. The van der Waals surface area contributed by atoms with E-state index in [0.29, 0.717) is 19.1 Å². The minimum Gasteiger partial charge on any atom is -0.492 e. The number of hydrogen-bond donors (Lipinski definition) is 2. The second kappa shape index (κ2) is 9.40. The Hall–Kier alpha value is -1.55. The molecule has 0 saturated heterocycles. The Balaban J connectivity index is 2.14. The molecule has 0 heterocycles. The molecule has 0 saturated carbocycles. The first-order valence-electron chi connectivity index (χ1n) is 7.67. The molecule has 1 aromatic rings. The fraction of sp³-hybridized carbons (Fsp3) is 0.588. The van der Waals surface area contributed by atoms with Crippen molar-refractivity contribution < 1.29 is 9.53 Å². The summed E-state index contributed by atoms with van der Waals surface area (Å²) in [6, 6.07) is 8.09. The van der Waals surface area contributed by atoms with Crippen molar-refractivity contribution in [2.24, 2.45) is 5.92 Å². The van der Waals surface area contributed by atoms with E-state index in [1.807, 2.05) is 38.1 Å². The van der Waals surface area contributed by atoms with E-state index in [1.165, 1.54) is 5.56 Å². The van der Waals surface area contributed by atoms with Gasteiger partial charge in [0.2, 0.25) is 5.91 Å². The Bertz CT molecular complexity index is 415. The third-order valence-electron chi connectivity index (χ3n) is 3.18. The molecule has 2 N–H and O–H groups in total. The minimum absolute atomic E-state index is 0.0397. The van der Waals surface area contributed by atoms with Crippen LogP contribution in [0.2, 0.25) is 0 Å². The molecule has 4 nitrogen and oxygen atoms in total. The van der Waals surface area contributed by atoms with Gasteiger partial charge in [0.05, 0.1) is 6.54 Å². The first-order chi connectivity index (χ1) is 9.97. The van der Waals surface area contributed by atoms with Gasteiger partial charge < -0.3 is 15.4 Å². The molecule has 4 heteroatoms. The van der Waals surface area contributed by atoms with Gasteiger partial charge in [-0.1, -0.05) is 31.5 Å². The molecule has 1 aromatic carbocycles. The number of carbonyl (C=O) groups is 1. The van der Waals surface area contributed by atoms with Crippen LogP contribution in [0.5, 0.6) is 5.75 Å². The second-order valence-electron chi connectivity index (χ2n) is 5.94. The van der Waals surface area contributed by atoms with Crippen molar-refractivity contribution in [3.8, 4) is 5.75 Å². The van der Waals surface area contributed by atoms with E-state index in [2.05, 4.69) is 24.5 Å². The van der Waals surface area contributed by atoms with Crippen molar-refractivity contribution in [1.29, 1.82) is 0 Å². The molecule has 0 spiro atoms. The monoisotopic (exact) mass is 292 g/mol. The molecule has 118 valence electrons. The zero-order chi connectivity index (χ0) is 15.7. The van der Waals surface area contributed by atoms with Crippen LogP contribution in [0, 0.1) is 12.8 Å².